The monoisotopic (exact) mass is 264 g/mol. The fourth-order valence-corrected chi connectivity index (χ4v) is 1.98. The van der Waals surface area contributed by atoms with E-state index in [2.05, 4.69) is 0 Å². The number of carbonyl (C=O) groups is 1. The van der Waals surface area contributed by atoms with Crippen LogP contribution in [-0.4, -0.2) is 10.9 Å². The van der Waals surface area contributed by atoms with Crippen LogP contribution in [0.25, 0.3) is 17.0 Å². The van der Waals surface area contributed by atoms with Gasteiger partial charge in [-0.05, 0) is 30.4 Å². The SMILES string of the molecule is O=C(/C=C\c1ccccc1O)c1cc2ccccc2o1. The summed E-state index contributed by atoms with van der Waals surface area (Å²) in [4.78, 5) is 12.0. The van der Waals surface area contributed by atoms with Crippen molar-refractivity contribution in [1.29, 1.82) is 0 Å². The number of phenolic OH excluding ortho intramolecular Hbond substituents is 1. The number of rotatable bonds is 3. The number of furan rings is 1. The largest absolute Gasteiger partial charge is 0.507 e. The van der Waals surface area contributed by atoms with Crippen LogP contribution in [0.15, 0.2) is 65.1 Å². The molecule has 3 heteroatoms. The number of phenols is 1. The van der Waals surface area contributed by atoms with Gasteiger partial charge in [0.1, 0.15) is 11.3 Å². The number of aromatic hydroxyl groups is 1. The van der Waals surface area contributed by atoms with Gasteiger partial charge in [0.15, 0.2) is 5.76 Å². The molecule has 1 aromatic heterocycles. The molecular weight excluding hydrogens is 252 g/mol. The number of allylic oxidation sites excluding steroid dienone is 1. The number of benzene rings is 2. The predicted molar refractivity (Wildman–Crippen MR) is 77.7 cm³/mol. The van der Waals surface area contributed by atoms with E-state index in [0.717, 1.165) is 5.39 Å². The topological polar surface area (TPSA) is 50.4 Å². The van der Waals surface area contributed by atoms with Gasteiger partial charge in [0.2, 0.25) is 5.78 Å². The molecule has 1 N–H and O–H groups in total. The van der Waals surface area contributed by atoms with E-state index >= 15 is 0 Å². The molecule has 20 heavy (non-hydrogen) atoms. The highest BCUT2D eigenvalue weighted by Crippen LogP contribution is 2.21. The highest BCUT2D eigenvalue weighted by Gasteiger charge is 2.09. The average molecular weight is 264 g/mol. The zero-order valence-corrected chi connectivity index (χ0v) is 10.6. The standard InChI is InChI=1S/C17H12O3/c18-14-7-3-1-5-12(14)9-10-15(19)17-11-13-6-2-4-8-16(13)20-17/h1-11,18H/b10-9-. The summed E-state index contributed by atoms with van der Waals surface area (Å²) in [6.45, 7) is 0. The molecule has 3 aromatic rings. The van der Waals surface area contributed by atoms with E-state index in [1.807, 2.05) is 24.3 Å². The number of fused-ring (bicyclic) bond motifs is 1. The highest BCUT2D eigenvalue weighted by atomic mass is 16.3. The van der Waals surface area contributed by atoms with Crippen molar-refractivity contribution >= 4 is 22.8 Å². The predicted octanol–water partition coefficient (Wildman–Crippen LogP) is 4.03. The Morgan fingerprint density at radius 3 is 2.60 bits per heavy atom. The van der Waals surface area contributed by atoms with Gasteiger partial charge in [-0.3, -0.25) is 4.79 Å². The van der Waals surface area contributed by atoms with Crippen LogP contribution >= 0.6 is 0 Å². The lowest BCUT2D eigenvalue weighted by atomic mass is 10.1. The molecule has 3 nitrogen and oxygen atoms in total. The number of carbonyl (C=O) groups excluding carboxylic acids is 1. The van der Waals surface area contributed by atoms with Crippen molar-refractivity contribution in [3.63, 3.8) is 0 Å². The van der Waals surface area contributed by atoms with Crippen LogP contribution in [0.2, 0.25) is 0 Å². The van der Waals surface area contributed by atoms with Crippen molar-refractivity contribution in [2.24, 2.45) is 0 Å². The van der Waals surface area contributed by atoms with Gasteiger partial charge in [-0.25, -0.2) is 0 Å². The first-order valence-electron chi connectivity index (χ1n) is 6.23. The second-order valence-electron chi connectivity index (χ2n) is 4.40. The van der Waals surface area contributed by atoms with Crippen molar-refractivity contribution in [1.82, 2.24) is 0 Å². The second-order valence-corrected chi connectivity index (χ2v) is 4.40. The molecule has 0 aliphatic rings. The first-order valence-corrected chi connectivity index (χ1v) is 6.23. The van der Waals surface area contributed by atoms with Crippen molar-refractivity contribution in [3.05, 3.63) is 72.0 Å². The summed E-state index contributed by atoms with van der Waals surface area (Å²) in [6.07, 6.45) is 2.97. The fraction of sp³-hybridized carbons (Fsp3) is 0. The van der Waals surface area contributed by atoms with Crippen LogP contribution in [0.1, 0.15) is 16.1 Å². The Hall–Kier alpha value is -2.81. The number of hydrogen-bond donors (Lipinski definition) is 1. The van der Waals surface area contributed by atoms with Crippen molar-refractivity contribution in [2.75, 3.05) is 0 Å². The third kappa shape index (κ3) is 2.34. The van der Waals surface area contributed by atoms with E-state index in [1.54, 1.807) is 36.4 Å². The van der Waals surface area contributed by atoms with Gasteiger partial charge in [-0.2, -0.15) is 0 Å². The second kappa shape index (κ2) is 5.05. The number of para-hydroxylation sites is 2. The van der Waals surface area contributed by atoms with Crippen LogP contribution < -0.4 is 0 Å². The Bertz CT molecular complexity index is 764. The van der Waals surface area contributed by atoms with Crippen molar-refractivity contribution in [3.8, 4) is 5.75 Å². The molecule has 3 rings (SSSR count). The minimum absolute atomic E-state index is 0.140. The summed E-state index contributed by atoms with van der Waals surface area (Å²) in [7, 11) is 0. The van der Waals surface area contributed by atoms with Crippen LogP contribution in [0, 0.1) is 0 Å². The smallest absolute Gasteiger partial charge is 0.221 e. The third-order valence-electron chi connectivity index (χ3n) is 3.02. The molecule has 0 bridgehead atoms. The molecule has 0 fully saturated rings. The Morgan fingerprint density at radius 2 is 1.80 bits per heavy atom. The molecule has 0 unspecified atom stereocenters. The van der Waals surface area contributed by atoms with E-state index < -0.39 is 0 Å². The Labute approximate surface area is 115 Å². The Balaban J connectivity index is 1.88. The minimum atomic E-state index is -0.232. The summed E-state index contributed by atoms with van der Waals surface area (Å²) in [6, 6.07) is 16.0. The van der Waals surface area contributed by atoms with E-state index in [0.29, 0.717) is 11.1 Å². The summed E-state index contributed by atoms with van der Waals surface area (Å²) in [5.74, 6) is 0.198. The molecule has 2 aromatic carbocycles. The molecule has 0 spiro atoms. The van der Waals surface area contributed by atoms with Crippen LogP contribution in [0.4, 0.5) is 0 Å². The van der Waals surface area contributed by atoms with Crippen LogP contribution in [0.5, 0.6) is 5.75 Å². The molecule has 0 atom stereocenters. The van der Waals surface area contributed by atoms with Crippen LogP contribution in [0.3, 0.4) is 0 Å². The lowest BCUT2D eigenvalue weighted by molar-refractivity contribution is 0.102. The van der Waals surface area contributed by atoms with Gasteiger partial charge in [0.25, 0.3) is 0 Å². The van der Waals surface area contributed by atoms with Crippen molar-refractivity contribution in [2.45, 2.75) is 0 Å². The van der Waals surface area contributed by atoms with Gasteiger partial charge in [0.05, 0.1) is 0 Å². The van der Waals surface area contributed by atoms with Gasteiger partial charge in [-0.15, -0.1) is 0 Å². The lowest BCUT2D eigenvalue weighted by Crippen LogP contribution is -1.90. The fourth-order valence-electron chi connectivity index (χ4n) is 1.98. The van der Waals surface area contributed by atoms with Crippen molar-refractivity contribution < 1.29 is 14.3 Å². The molecule has 0 saturated carbocycles. The van der Waals surface area contributed by atoms with Gasteiger partial charge in [0, 0.05) is 10.9 Å². The summed E-state index contributed by atoms with van der Waals surface area (Å²) < 4.78 is 5.49. The molecule has 0 radical (unpaired) electrons. The maximum Gasteiger partial charge on any atom is 0.221 e. The number of hydrogen-bond acceptors (Lipinski definition) is 3. The molecule has 98 valence electrons. The maximum absolute atomic E-state index is 12.0. The normalized spacial score (nSPS) is 11.2. The number of ketones is 1. The highest BCUT2D eigenvalue weighted by molar-refractivity contribution is 6.07. The van der Waals surface area contributed by atoms with Gasteiger partial charge in [-0.1, -0.05) is 36.4 Å². The summed E-state index contributed by atoms with van der Waals surface area (Å²) >= 11 is 0. The van der Waals surface area contributed by atoms with E-state index in [4.69, 9.17) is 4.42 Å². The molecule has 0 amide bonds. The third-order valence-corrected chi connectivity index (χ3v) is 3.02. The first kappa shape index (κ1) is 12.2. The zero-order chi connectivity index (χ0) is 13.9. The lowest BCUT2D eigenvalue weighted by Gasteiger charge is -1.96. The Morgan fingerprint density at radius 1 is 1.05 bits per heavy atom. The zero-order valence-electron chi connectivity index (χ0n) is 10.6. The first-order chi connectivity index (χ1) is 9.74. The van der Waals surface area contributed by atoms with Gasteiger partial charge < -0.3 is 9.52 Å². The van der Waals surface area contributed by atoms with Crippen LogP contribution in [-0.2, 0) is 0 Å². The minimum Gasteiger partial charge on any atom is -0.507 e. The molecule has 0 saturated heterocycles. The van der Waals surface area contributed by atoms with Gasteiger partial charge >= 0.3 is 0 Å². The molecule has 0 aliphatic carbocycles. The molecular formula is C17H12O3. The summed E-state index contributed by atoms with van der Waals surface area (Å²) in [5.41, 5.74) is 1.28. The quantitative estimate of drug-likeness (QED) is 0.574. The average Bonchev–Trinajstić information content (AvgIpc) is 2.90. The molecule has 1 heterocycles. The summed E-state index contributed by atoms with van der Waals surface area (Å²) in [5, 5.41) is 10.5. The van der Waals surface area contributed by atoms with E-state index in [9.17, 15) is 9.90 Å². The van der Waals surface area contributed by atoms with E-state index in [1.165, 1.54) is 6.08 Å². The maximum atomic E-state index is 12.0. The van der Waals surface area contributed by atoms with E-state index in [-0.39, 0.29) is 17.3 Å². The Kier molecular flexibility index (Phi) is 3.09. The molecule has 0 aliphatic heterocycles.